The molecule has 0 aromatic carbocycles. The van der Waals surface area contributed by atoms with Crippen LogP contribution in [0.15, 0.2) is 48.6 Å². The van der Waals surface area contributed by atoms with Crippen LogP contribution >= 0.6 is 0 Å². The molecule has 0 N–H and O–H groups in total. The van der Waals surface area contributed by atoms with Crippen molar-refractivity contribution in [3.63, 3.8) is 0 Å². The van der Waals surface area contributed by atoms with Gasteiger partial charge in [0.2, 0.25) is 0 Å². The van der Waals surface area contributed by atoms with Gasteiger partial charge in [0, 0.05) is 19.3 Å². The Balaban J connectivity index is 4.31. The Morgan fingerprint density at radius 3 is 0.797 bits per heavy atom. The zero-order valence-corrected chi connectivity index (χ0v) is 49.6. The van der Waals surface area contributed by atoms with E-state index in [1.165, 1.54) is 231 Å². The molecule has 0 aliphatic rings. The molecule has 0 aliphatic heterocycles. The van der Waals surface area contributed by atoms with E-state index in [9.17, 15) is 14.4 Å². The average molecular weight is 1040 g/mol. The summed E-state index contributed by atoms with van der Waals surface area (Å²) in [6, 6.07) is 0. The molecule has 0 amide bonds. The molecule has 0 aliphatic carbocycles. The van der Waals surface area contributed by atoms with E-state index < -0.39 is 6.10 Å². The molecule has 74 heavy (non-hydrogen) atoms. The van der Waals surface area contributed by atoms with Gasteiger partial charge in [-0.2, -0.15) is 0 Å². The highest BCUT2D eigenvalue weighted by Crippen LogP contribution is 2.17. The van der Waals surface area contributed by atoms with Gasteiger partial charge in [0.05, 0.1) is 0 Å². The van der Waals surface area contributed by atoms with E-state index in [0.29, 0.717) is 19.3 Å². The molecule has 1 unspecified atom stereocenters. The third-order valence-corrected chi connectivity index (χ3v) is 14.5. The summed E-state index contributed by atoms with van der Waals surface area (Å²) < 4.78 is 16.9. The lowest BCUT2D eigenvalue weighted by Crippen LogP contribution is -2.30. The fraction of sp³-hybridized carbons (Fsp3) is 0.838. The average Bonchev–Trinajstić information content (AvgIpc) is 3.40. The molecule has 0 heterocycles. The van der Waals surface area contributed by atoms with Gasteiger partial charge in [-0.15, -0.1) is 0 Å². The number of hydrogen-bond donors (Lipinski definition) is 0. The molecule has 0 saturated carbocycles. The molecular weight excluding hydrogens is 913 g/mol. The fourth-order valence-corrected chi connectivity index (χ4v) is 9.57. The Hall–Kier alpha value is -2.63. The molecule has 0 radical (unpaired) electrons. The first kappa shape index (κ1) is 71.4. The van der Waals surface area contributed by atoms with Crippen LogP contribution in [-0.4, -0.2) is 37.2 Å². The molecule has 0 bridgehead atoms. The van der Waals surface area contributed by atoms with Crippen LogP contribution in [0.4, 0.5) is 0 Å². The van der Waals surface area contributed by atoms with E-state index in [2.05, 4.69) is 69.4 Å². The number of unbranched alkanes of at least 4 members (excludes halogenated alkanes) is 41. The normalized spacial score (nSPS) is 12.3. The van der Waals surface area contributed by atoms with Crippen molar-refractivity contribution in [1.82, 2.24) is 0 Å². The summed E-state index contributed by atoms with van der Waals surface area (Å²) in [6.07, 6.45) is 78.3. The Labute approximate surface area is 460 Å². The Morgan fingerprint density at radius 1 is 0.270 bits per heavy atom. The topological polar surface area (TPSA) is 78.9 Å². The quantitative estimate of drug-likeness (QED) is 0.0261. The van der Waals surface area contributed by atoms with Crippen molar-refractivity contribution >= 4 is 17.9 Å². The zero-order chi connectivity index (χ0) is 53.6. The summed E-state index contributed by atoms with van der Waals surface area (Å²) in [5, 5.41) is 0. The lowest BCUT2D eigenvalue weighted by Gasteiger charge is -2.18. The number of ether oxygens (including phenoxy) is 3. The number of hydrogen-bond acceptors (Lipinski definition) is 6. The molecule has 1 atom stereocenters. The lowest BCUT2D eigenvalue weighted by atomic mass is 10.0. The van der Waals surface area contributed by atoms with Crippen LogP contribution in [0.25, 0.3) is 0 Å². The second kappa shape index (κ2) is 62.9. The van der Waals surface area contributed by atoms with Crippen LogP contribution in [0, 0.1) is 0 Å². The standard InChI is InChI=1S/C68H124O6/c1-4-7-10-13-16-19-22-25-28-30-32-33-34-35-37-38-40-43-46-49-52-55-58-61-67(70)73-64-65(63-72-66(69)60-57-54-51-48-45-42-27-24-21-18-15-12-9-6-3)74-68(71)62-59-56-53-50-47-44-41-39-36-31-29-26-23-20-17-14-11-8-5-2/h15,18,24,26-27,29-30,32,65H,4-14,16-17,19-23,25,28,31,33-64H2,1-3H3/b18-15-,27-24-,29-26-,32-30-. The number of allylic oxidation sites excluding steroid dienone is 8. The molecule has 0 rings (SSSR count). The van der Waals surface area contributed by atoms with Crippen molar-refractivity contribution in [3.8, 4) is 0 Å². The molecular formula is C68H124O6. The third kappa shape index (κ3) is 60.2. The molecule has 0 aromatic rings. The first-order valence-electron chi connectivity index (χ1n) is 32.6. The summed E-state index contributed by atoms with van der Waals surface area (Å²) >= 11 is 0. The van der Waals surface area contributed by atoms with E-state index in [0.717, 1.165) is 77.0 Å². The van der Waals surface area contributed by atoms with Gasteiger partial charge in [0.15, 0.2) is 6.10 Å². The first-order valence-corrected chi connectivity index (χ1v) is 32.6. The summed E-state index contributed by atoms with van der Waals surface area (Å²) in [5.41, 5.74) is 0. The van der Waals surface area contributed by atoms with Crippen molar-refractivity contribution in [3.05, 3.63) is 48.6 Å². The van der Waals surface area contributed by atoms with E-state index in [1.54, 1.807) is 0 Å². The van der Waals surface area contributed by atoms with Gasteiger partial charge in [-0.25, -0.2) is 0 Å². The van der Waals surface area contributed by atoms with Crippen molar-refractivity contribution in [2.24, 2.45) is 0 Å². The monoisotopic (exact) mass is 1040 g/mol. The highest BCUT2D eigenvalue weighted by molar-refractivity contribution is 5.71. The molecule has 432 valence electrons. The van der Waals surface area contributed by atoms with E-state index >= 15 is 0 Å². The van der Waals surface area contributed by atoms with Crippen LogP contribution < -0.4 is 0 Å². The van der Waals surface area contributed by atoms with Crippen LogP contribution in [0.3, 0.4) is 0 Å². The van der Waals surface area contributed by atoms with Gasteiger partial charge in [-0.05, 0) is 96.3 Å². The van der Waals surface area contributed by atoms with Gasteiger partial charge in [-0.3, -0.25) is 14.4 Å². The highest BCUT2D eigenvalue weighted by atomic mass is 16.6. The highest BCUT2D eigenvalue weighted by Gasteiger charge is 2.19. The Morgan fingerprint density at radius 2 is 0.500 bits per heavy atom. The molecule has 0 fully saturated rings. The van der Waals surface area contributed by atoms with Gasteiger partial charge in [0.1, 0.15) is 13.2 Å². The molecule has 0 spiro atoms. The van der Waals surface area contributed by atoms with Crippen LogP contribution in [-0.2, 0) is 28.6 Å². The smallest absolute Gasteiger partial charge is 0.306 e. The molecule has 0 saturated heterocycles. The van der Waals surface area contributed by atoms with Crippen molar-refractivity contribution < 1.29 is 28.6 Å². The minimum Gasteiger partial charge on any atom is -0.462 e. The maximum atomic E-state index is 12.9. The number of esters is 3. The molecule has 6 heteroatoms. The first-order chi connectivity index (χ1) is 36.5. The van der Waals surface area contributed by atoms with Gasteiger partial charge in [0.25, 0.3) is 0 Å². The SMILES string of the molecule is CCCC/C=C\C/C=C\CCCCCCCC(=O)OCC(COC(=O)CCCCCCCCCCCCC/C=C\CCCCCCCCCC)OC(=O)CCCCCCCCCCC/C=C\CCCCCCCC. The summed E-state index contributed by atoms with van der Waals surface area (Å²) in [4.78, 5) is 38.3. The van der Waals surface area contributed by atoms with Crippen LogP contribution in [0.5, 0.6) is 0 Å². The second-order valence-electron chi connectivity index (χ2n) is 22.0. The summed E-state index contributed by atoms with van der Waals surface area (Å²) in [5.74, 6) is -0.874. The maximum absolute atomic E-state index is 12.9. The number of carbonyl (C=O) groups excluding carboxylic acids is 3. The largest absolute Gasteiger partial charge is 0.462 e. The van der Waals surface area contributed by atoms with E-state index in [-0.39, 0.29) is 31.1 Å². The number of carbonyl (C=O) groups is 3. The second-order valence-corrected chi connectivity index (χ2v) is 22.0. The predicted octanol–water partition coefficient (Wildman–Crippen LogP) is 22.2. The van der Waals surface area contributed by atoms with E-state index in [1.807, 2.05) is 0 Å². The summed E-state index contributed by atoms with van der Waals surface area (Å²) in [6.45, 7) is 6.63. The summed E-state index contributed by atoms with van der Waals surface area (Å²) in [7, 11) is 0. The van der Waals surface area contributed by atoms with Gasteiger partial charge >= 0.3 is 17.9 Å². The Kier molecular flexibility index (Phi) is 60.7. The third-order valence-electron chi connectivity index (χ3n) is 14.5. The zero-order valence-electron chi connectivity index (χ0n) is 49.6. The van der Waals surface area contributed by atoms with Crippen LogP contribution in [0.1, 0.15) is 348 Å². The maximum Gasteiger partial charge on any atom is 0.306 e. The molecule has 6 nitrogen and oxygen atoms in total. The van der Waals surface area contributed by atoms with Crippen LogP contribution in [0.2, 0.25) is 0 Å². The minimum absolute atomic E-state index is 0.0764. The minimum atomic E-state index is -0.780. The van der Waals surface area contributed by atoms with Gasteiger partial charge < -0.3 is 14.2 Å². The Bertz CT molecular complexity index is 1280. The lowest BCUT2D eigenvalue weighted by molar-refractivity contribution is -0.167. The number of rotatable bonds is 60. The van der Waals surface area contributed by atoms with E-state index in [4.69, 9.17) is 14.2 Å². The van der Waals surface area contributed by atoms with Crippen molar-refractivity contribution in [1.29, 1.82) is 0 Å². The van der Waals surface area contributed by atoms with Gasteiger partial charge in [-0.1, -0.05) is 281 Å². The van der Waals surface area contributed by atoms with Crippen molar-refractivity contribution in [2.45, 2.75) is 354 Å². The predicted molar refractivity (Wildman–Crippen MR) is 321 cm³/mol. The fourth-order valence-electron chi connectivity index (χ4n) is 9.57. The molecule has 0 aromatic heterocycles. The van der Waals surface area contributed by atoms with Crippen molar-refractivity contribution in [2.75, 3.05) is 13.2 Å².